The van der Waals surface area contributed by atoms with E-state index < -0.39 is 0 Å². The Kier molecular flexibility index (Phi) is 4.32. The molecular formula is C10H18N4. The Hall–Kier alpha value is -1.16. The van der Waals surface area contributed by atoms with Crippen LogP contribution in [0, 0.1) is 6.92 Å². The maximum atomic E-state index is 4.14. The third kappa shape index (κ3) is 4.18. The van der Waals surface area contributed by atoms with Crippen LogP contribution in [-0.4, -0.2) is 29.1 Å². The highest BCUT2D eigenvalue weighted by atomic mass is 15.1. The predicted octanol–water partition coefficient (Wildman–Crippen LogP) is 1.19. The lowest BCUT2D eigenvalue weighted by Gasteiger charge is -2.08. The van der Waals surface area contributed by atoms with Gasteiger partial charge >= 0.3 is 0 Å². The van der Waals surface area contributed by atoms with Crippen molar-refractivity contribution in [2.45, 2.75) is 26.8 Å². The summed E-state index contributed by atoms with van der Waals surface area (Å²) in [4.78, 5) is 8.29. The molecule has 1 aromatic rings. The first-order valence-corrected chi connectivity index (χ1v) is 4.94. The van der Waals surface area contributed by atoms with Crippen LogP contribution in [0.3, 0.4) is 0 Å². The molecule has 0 aliphatic rings. The van der Waals surface area contributed by atoms with E-state index in [0.29, 0.717) is 12.0 Å². The summed E-state index contributed by atoms with van der Waals surface area (Å²) in [5.41, 5.74) is 1.08. The van der Waals surface area contributed by atoms with Crippen LogP contribution in [0.25, 0.3) is 0 Å². The minimum atomic E-state index is 0.524. The van der Waals surface area contributed by atoms with Gasteiger partial charge in [0.2, 0.25) is 5.95 Å². The molecule has 1 aromatic heterocycles. The number of hydrogen-bond acceptors (Lipinski definition) is 4. The second-order valence-corrected chi connectivity index (χ2v) is 3.62. The van der Waals surface area contributed by atoms with Crippen molar-refractivity contribution in [3.8, 4) is 0 Å². The van der Waals surface area contributed by atoms with Gasteiger partial charge in [-0.1, -0.05) is 13.8 Å². The zero-order chi connectivity index (χ0) is 10.4. The quantitative estimate of drug-likeness (QED) is 0.691. The maximum Gasteiger partial charge on any atom is 0.222 e. The van der Waals surface area contributed by atoms with Gasteiger partial charge in [0.1, 0.15) is 0 Å². The molecule has 0 saturated heterocycles. The molecule has 14 heavy (non-hydrogen) atoms. The highest BCUT2D eigenvalue weighted by Crippen LogP contribution is 1.96. The van der Waals surface area contributed by atoms with Crippen LogP contribution in [0.4, 0.5) is 5.95 Å². The molecule has 0 radical (unpaired) electrons. The van der Waals surface area contributed by atoms with Gasteiger partial charge in [0.25, 0.3) is 0 Å². The van der Waals surface area contributed by atoms with Gasteiger partial charge in [0.15, 0.2) is 0 Å². The molecule has 0 aromatic carbocycles. The van der Waals surface area contributed by atoms with Gasteiger partial charge in [-0.3, -0.25) is 0 Å². The minimum absolute atomic E-state index is 0.524. The summed E-state index contributed by atoms with van der Waals surface area (Å²) >= 11 is 0. The molecule has 1 rings (SSSR count). The molecule has 78 valence electrons. The van der Waals surface area contributed by atoms with Crippen molar-refractivity contribution in [2.75, 3.05) is 18.4 Å². The van der Waals surface area contributed by atoms with E-state index in [4.69, 9.17) is 0 Å². The smallest absolute Gasteiger partial charge is 0.222 e. The molecule has 0 amide bonds. The van der Waals surface area contributed by atoms with E-state index in [1.165, 1.54) is 0 Å². The summed E-state index contributed by atoms with van der Waals surface area (Å²) < 4.78 is 0. The Bertz CT molecular complexity index is 255. The fourth-order valence-corrected chi connectivity index (χ4v) is 1.02. The number of aryl methyl sites for hydroxylation is 1. The van der Waals surface area contributed by atoms with Crippen LogP contribution in [0.5, 0.6) is 0 Å². The minimum Gasteiger partial charge on any atom is -0.353 e. The third-order valence-electron chi connectivity index (χ3n) is 1.74. The van der Waals surface area contributed by atoms with Crippen molar-refractivity contribution >= 4 is 5.95 Å². The largest absolute Gasteiger partial charge is 0.353 e. The summed E-state index contributed by atoms with van der Waals surface area (Å²) in [5.74, 6) is 0.696. The zero-order valence-corrected chi connectivity index (χ0v) is 9.04. The summed E-state index contributed by atoms with van der Waals surface area (Å²) in [5, 5.41) is 6.45. The SMILES string of the molecule is Cc1cnc(NCCNC(C)C)nc1. The lowest BCUT2D eigenvalue weighted by atomic mass is 10.4. The number of aromatic nitrogens is 2. The highest BCUT2D eigenvalue weighted by molar-refractivity contribution is 5.23. The van der Waals surface area contributed by atoms with Crippen LogP contribution in [0.15, 0.2) is 12.4 Å². The first kappa shape index (κ1) is 10.9. The van der Waals surface area contributed by atoms with Crippen LogP contribution in [0.2, 0.25) is 0 Å². The Labute approximate surface area is 85.2 Å². The van der Waals surface area contributed by atoms with Crippen molar-refractivity contribution < 1.29 is 0 Å². The van der Waals surface area contributed by atoms with Gasteiger partial charge in [-0.2, -0.15) is 0 Å². The molecule has 0 atom stereocenters. The molecule has 4 nitrogen and oxygen atoms in total. The summed E-state index contributed by atoms with van der Waals surface area (Å²) in [6.45, 7) is 8.00. The fraction of sp³-hybridized carbons (Fsp3) is 0.600. The molecule has 0 aliphatic heterocycles. The second-order valence-electron chi connectivity index (χ2n) is 3.62. The first-order chi connectivity index (χ1) is 6.68. The van der Waals surface area contributed by atoms with E-state index in [-0.39, 0.29) is 0 Å². The third-order valence-corrected chi connectivity index (χ3v) is 1.74. The number of nitrogens with zero attached hydrogens (tertiary/aromatic N) is 2. The molecule has 0 unspecified atom stereocenters. The molecule has 0 bridgehead atoms. The van der Waals surface area contributed by atoms with Gasteiger partial charge in [0, 0.05) is 31.5 Å². The first-order valence-electron chi connectivity index (χ1n) is 4.94. The molecule has 4 heteroatoms. The van der Waals surface area contributed by atoms with Crippen molar-refractivity contribution in [3.05, 3.63) is 18.0 Å². The summed E-state index contributed by atoms with van der Waals surface area (Å²) in [6, 6.07) is 0.524. The normalized spacial score (nSPS) is 10.6. The van der Waals surface area contributed by atoms with Gasteiger partial charge in [0.05, 0.1) is 0 Å². The van der Waals surface area contributed by atoms with Crippen LogP contribution < -0.4 is 10.6 Å². The second kappa shape index (κ2) is 5.54. The lowest BCUT2D eigenvalue weighted by molar-refractivity contribution is 0.601. The Morgan fingerprint density at radius 2 is 1.86 bits per heavy atom. The van der Waals surface area contributed by atoms with Crippen LogP contribution >= 0.6 is 0 Å². The van der Waals surface area contributed by atoms with Gasteiger partial charge < -0.3 is 10.6 Å². The average molecular weight is 194 g/mol. The number of anilines is 1. The molecule has 1 heterocycles. The summed E-state index contributed by atoms with van der Waals surface area (Å²) in [7, 11) is 0. The topological polar surface area (TPSA) is 49.8 Å². The van der Waals surface area contributed by atoms with Crippen molar-refractivity contribution in [1.29, 1.82) is 0 Å². The zero-order valence-electron chi connectivity index (χ0n) is 9.04. The van der Waals surface area contributed by atoms with E-state index in [0.717, 1.165) is 18.7 Å². The Morgan fingerprint density at radius 3 is 2.43 bits per heavy atom. The van der Waals surface area contributed by atoms with E-state index in [9.17, 15) is 0 Å². The van der Waals surface area contributed by atoms with Gasteiger partial charge in [-0.05, 0) is 12.5 Å². The predicted molar refractivity (Wildman–Crippen MR) is 58.4 cm³/mol. The van der Waals surface area contributed by atoms with Crippen LogP contribution in [0.1, 0.15) is 19.4 Å². The van der Waals surface area contributed by atoms with E-state index in [1.54, 1.807) is 0 Å². The maximum absolute atomic E-state index is 4.14. The molecule has 0 aliphatic carbocycles. The van der Waals surface area contributed by atoms with Gasteiger partial charge in [-0.25, -0.2) is 9.97 Å². The number of rotatable bonds is 5. The van der Waals surface area contributed by atoms with E-state index in [1.807, 2.05) is 19.3 Å². The van der Waals surface area contributed by atoms with Crippen LogP contribution in [-0.2, 0) is 0 Å². The standard InChI is InChI=1S/C10H18N4/c1-8(2)11-4-5-12-10-13-6-9(3)7-14-10/h6-8,11H,4-5H2,1-3H3,(H,12,13,14). The van der Waals surface area contributed by atoms with Gasteiger partial charge in [-0.15, -0.1) is 0 Å². The van der Waals surface area contributed by atoms with E-state index in [2.05, 4.69) is 34.4 Å². The number of nitrogens with one attached hydrogen (secondary N) is 2. The number of hydrogen-bond donors (Lipinski definition) is 2. The molecular weight excluding hydrogens is 176 g/mol. The molecule has 0 saturated carbocycles. The van der Waals surface area contributed by atoms with Crippen molar-refractivity contribution in [2.24, 2.45) is 0 Å². The average Bonchev–Trinajstić information content (AvgIpc) is 2.15. The lowest BCUT2D eigenvalue weighted by Crippen LogP contribution is -2.28. The monoisotopic (exact) mass is 194 g/mol. The molecule has 2 N–H and O–H groups in total. The Morgan fingerprint density at radius 1 is 1.21 bits per heavy atom. The van der Waals surface area contributed by atoms with Crippen molar-refractivity contribution in [1.82, 2.24) is 15.3 Å². The fourth-order valence-electron chi connectivity index (χ4n) is 1.02. The van der Waals surface area contributed by atoms with E-state index >= 15 is 0 Å². The summed E-state index contributed by atoms with van der Waals surface area (Å²) in [6.07, 6.45) is 3.62. The highest BCUT2D eigenvalue weighted by Gasteiger charge is 1.94. The molecule has 0 spiro atoms. The Balaban J connectivity index is 2.21. The molecule has 0 fully saturated rings. The van der Waals surface area contributed by atoms with Crippen molar-refractivity contribution in [3.63, 3.8) is 0 Å².